The molecule has 0 bridgehead atoms. The third-order valence-corrected chi connectivity index (χ3v) is 14.0. The summed E-state index contributed by atoms with van der Waals surface area (Å²) >= 11 is 0. The Hall–Kier alpha value is -0.210. The van der Waals surface area contributed by atoms with Crippen molar-refractivity contribution in [2.75, 3.05) is 54.4 Å². The first kappa shape index (κ1) is 69.1. The van der Waals surface area contributed by atoms with Crippen molar-refractivity contribution in [3.05, 3.63) is 0 Å². The summed E-state index contributed by atoms with van der Waals surface area (Å²) in [6.45, 7) is 14.7. The quantitative estimate of drug-likeness (QED) is 0.0263. The van der Waals surface area contributed by atoms with Gasteiger partial charge in [0, 0.05) is 10.4 Å². The van der Waals surface area contributed by atoms with E-state index in [1.807, 2.05) is 0 Å². The van der Waals surface area contributed by atoms with Crippen molar-refractivity contribution in [1.29, 1.82) is 0 Å². The lowest BCUT2D eigenvalue weighted by Gasteiger charge is -2.30. The molecule has 0 heterocycles. The Morgan fingerprint density at radius 3 is 0.431 bits per heavy atom. The van der Waals surface area contributed by atoms with Gasteiger partial charge in [-0.05, 0) is 51.4 Å². The lowest BCUT2D eigenvalue weighted by Crippen LogP contribution is -2.41. The molecule has 0 amide bonds. The van der Waals surface area contributed by atoms with E-state index in [1.54, 1.807) is 0 Å². The summed E-state index contributed by atoms with van der Waals surface area (Å²) in [5.74, 6) is 0. The van der Waals surface area contributed by atoms with Gasteiger partial charge < -0.3 is 18.1 Å². The molecule has 0 aromatic rings. The van der Waals surface area contributed by atoms with E-state index in [2.05, 4.69) is 55.9 Å². The number of hydrogen-bond donors (Lipinski definition) is 0. The molecule has 0 N–H and O–H groups in total. The zero-order valence-electron chi connectivity index (χ0n) is 46.3. The van der Waals surface area contributed by atoms with Crippen molar-refractivity contribution < 1.29 is 26.5 Å². The third kappa shape index (κ3) is 72.9. The summed E-state index contributed by atoms with van der Waals surface area (Å²) in [6, 6.07) is 0. The number of rotatable bonds is 50. The van der Waals surface area contributed by atoms with Crippen molar-refractivity contribution in [3.8, 4) is 0 Å². The fourth-order valence-electron chi connectivity index (χ4n) is 9.39. The van der Waals surface area contributed by atoms with Gasteiger partial charge in [0.05, 0.1) is 54.4 Å². The van der Waals surface area contributed by atoms with Gasteiger partial charge in [-0.15, -0.1) is 0 Å². The zero-order chi connectivity index (χ0) is 48.9. The minimum Gasteiger partial charge on any atom is -0.759 e. The van der Waals surface area contributed by atoms with Crippen LogP contribution >= 0.6 is 0 Å². The van der Waals surface area contributed by atoms with E-state index in [-0.39, 0.29) is 0 Å². The first-order chi connectivity index (χ1) is 31.2. The summed E-state index contributed by atoms with van der Waals surface area (Å²) in [6.07, 6.45) is 67.0. The van der Waals surface area contributed by atoms with Gasteiger partial charge in [-0.1, -0.05) is 272 Å². The Labute approximate surface area is 412 Å². The molecule has 0 saturated carbocycles. The molecule has 7 heteroatoms. The Kier molecular flexibility index (Phi) is 58.1. The Morgan fingerprint density at radius 1 is 0.231 bits per heavy atom. The van der Waals surface area contributed by atoms with E-state index < -0.39 is 10.4 Å². The average Bonchev–Trinajstić information content (AvgIpc) is 3.25. The van der Waals surface area contributed by atoms with E-state index in [0.717, 1.165) is 0 Å². The second-order valence-corrected chi connectivity index (χ2v) is 22.8. The predicted octanol–water partition coefficient (Wildman–Crippen LogP) is 18.8. The van der Waals surface area contributed by atoms with Crippen molar-refractivity contribution in [2.45, 2.75) is 323 Å². The van der Waals surface area contributed by atoms with Crippen LogP contribution < -0.4 is 0 Å². The zero-order valence-corrected chi connectivity index (χ0v) is 47.1. The smallest absolute Gasteiger partial charge is 0.0782 e. The van der Waals surface area contributed by atoms with Crippen LogP contribution in [0.3, 0.4) is 0 Å². The maximum atomic E-state index is 8.52. The van der Waals surface area contributed by atoms with Gasteiger partial charge in [-0.3, -0.25) is 8.42 Å². The largest absolute Gasteiger partial charge is 0.759 e. The van der Waals surface area contributed by atoms with Crippen LogP contribution in [-0.4, -0.2) is 80.9 Å². The van der Waals surface area contributed by atoms with Gasteiger partial charge in [-0.2, -0.15) is 0 Å². The van der Waals surface area contributed by atoms with Crippen LogP contribution in [0.4, 0.5) is 0 Å². The SMILES string of the molecule is CCCCCCCCCCCCCCCCCCC[N+](C)(C)CCCCCCCC.CCCCCCCCCCCCCCCCCCC[N+](C)(C)CCCCCCCC.O=S(=O)([O-])[O-]. The predicted molar refractivity (Wildman–Crippen MR) is 289 cm³/mol. The summed E-state index contributed by atoms with van der Waals surface area (Å²) in [7, 11) is 4.61. The standard InChI is InChI=1S/2C29H62N.H2O4S/c2*1-5-7-9-11-13-14-15-16-17-18-19-20-21-22-23-25-27-29-30(3,4)28-26-24-12-10-8-6-2;1-5(2,3)4/h2*5-29H2,1-4H3;(H2,1,2,3,4)/q2*+1;/p-2. The highest BCUT2D eigenvalue weighted by atomic mass is 32.3. The van der Waals surface area contributed by atoms with Crippen LogP contribution in [0.2, 0.25) is 0 Å². The molecule has 0 saturated heterocycles. The minimum absolute atomic E-state index is 1.24. The molecule has 0 aliphatic heterocycles. The van der Waals surface area contributed by atoms with Crippen LogP contribution in [0.5, 0.6) is 0 Å². The maximum Gasteiger partial charge on any atom is 0.0782 e. The molecule has 0 atom stereocenters. The Bertz CT molecular complexity index is 903. The Morgan fingerprint density at radius 2 is 0.323 bits per heavy atom. The first-order valence-electron chi connectivity index (χ1n) is 29.5. The first-order valence-corrected chi connectivity index (χ1v) is 30.9. The molecule has 0 unspecified atom stereocenters. The van der Waals surface area contributed by atoms with Gasteiger partial charge in [0.25, 0.3) is 0 Å². The number of unbranched alkanes of at least 4 members (excludes halogenated alkanes) is 42. The van der Waals surface area contributed by atoms with Crippen LogP contribution in [0.15, 0.2) is 0 Å². The van der Waals surface area contributed by atoms with Crippen LogP contribution in [-0.2, 0) is 10.4 Å². The highest BCUT2D eigenvalue weighted by Gasteiger charge is 2.14. The molecule has 0 rings (SSSR count). The molecule has 0 aromatic heterocycles. The van der Waals surface area contributed by atoms with Gasteiger partial charge in [0.15, 0.2) is 0 Å². The van der Waals surface area contributed by atoms with Crippen molar-refractivity contribution in [3.63, 3.8) is 0 Å². The molecule has 0 fully saturated rings. The van der Waals surface area contributed by atoms with Crippen molar-refractivity contribution in [1.82, 2.24) is 0 Å². The lowest BCUT2D eigenvalue weighted by atomic mass is 10.0. The fourth-order valence-corrected chi connectivity index (χ4v) is 9.39. The normalized spacial score (nSPS) is 12.0. The monoisotopic (exact) mass is 945 g/mol. The van der Waals surface area contributed by atoms with Crippen molar-refractivity contribution in [2.24, 2.45) is 0 Å². The molecular formula is C58H124N2O4S. The molecule has 0 aliphatic rings. The Balaban J connectivity index is -0.00000107. The average molecular weight is 946 g/mol. The molecule has 65 heavy (non-hydrogen) atoms. The summed E-state index contributed by atoms with van der Waals surface area (Å²) in [5, 5.41) is 0. The van der Waals surface area contributed by atoms with E-state index in [4.69, 9.17) is 17.5 Å². The molecule has 0 spiro atoms. The number of nitrogens with zero attached hydrogens (tertiary/aromatic N) is 2. The minimum atomic E-state index is -5.17. The topological polar surface area (TPSA) is 80.3 Å². The van der Waals surface area contributed by atoms with Crippen LogP contribution in [0.25, 0.3) is 0 Å². The van der Waals surface area contributed by atoms with E-state index in [0.29, 0.717) is 0 Å². The van der Waals surface area contributed by atoms with Gasteiger partial charge in [0.1, 0.15) is 0 Å². The molecule has 0 aromatic carbocycles. The van der Waals surface area contributed by atoms with E-state index >= 15 is 0 Å². The van der Waals surface area contributed by atoms with E-state index in [1.165, 1.54) is 331 Å². The highest BCUT2D eigenvalue weighted by Crippen LogP contribution is 2.17. The fraction of sp³-hybridized carbons (Fsp3) is 1.00. The second-order valence-electron chi connectivity index (χ2n) is 22.0. The molecular weight excluding hydrogens is 821 g/mol. The second kappa shape index (κ2) is 54.7. The maximum absolute atomic E-state index is 8.52. The lowest BCUT2D eigenvalue weighted by molar-refractivity contribution is -0.890. The van der Waals surface area contributed by atoms with Gasteiger partial charge in [-0.25, -0.2) is 0 Å². The van der Waals surface area contributed by atoms with E-state index in [9.17, 15) is 0 Å². The summed E-state index contributed by atoms with van der Waals surface area (Å²) in [4.78, 5) is 0. The third-order valence-electron chi connectivity index (χ3n) is 14.0. The molecule has 0 aliphatic carbocycles. The molecule has 396 valence electrons. The van der Waals surface area contributed by atoms with Crippen LogP contribution in [0, 0.1) is 0 Å². The summed E-state index contributed by atoms with van der Waals surface area (Å²) in [5.41, 5.74) is 0. The van der Waals surface area contributed by atoms with Gasteiger partial charge >= 0.3 is 0 Å². The number of hydrogen-bond acceptors (Lipinski definition) is 4. The van der Waals surface area contributed by atoms with Gasteiger partial charge in [0.2, 0.25) is 0 Å². The van der Waals surface area contributed by atoms with Crippen molar-refractivity contribution >= 4 is 10.4 Å². The molecule has 6 nitrogen and oxygen atoms in total. The van der Waals surface area contributed by atoms with Crippen LogP contribution in [0.1, 0.15) is 323 Å². The molecule has 0 radical (unpaired) electrons. The summed E-state index contributed by atoms with van der Waals surface area (Å²) < 4.78 is 36.6. The number of quaternary nitrogens is 2. The highest BCUT2D eigenvalue weighted by molar-refractivity contribution is 7.79.